The van der Waals surface area contributed by atoms with Crippen LogP contribution in [0.2, 0.25) is 0 Å². The molecule has 0 unspecified atom stereocenters. The number of hydrogen-bond acceptors (Lipinski definition) is 10. The van der Waals surface area contributed by atoms with Gasteiger partial charge in [0, 0.05) is 30.3 Å². The third-order valence-corrected chi connectivity index (χ3v) is 15.9. The highest BCUT2D eigenvalue weighted by molar-refractivity contribution is 7.30. The van der Waals surface area contributed by atoms with Gasteiger partial charge in [-0.1, -0.05) is 79.1 Å². The van der Waals surface area contributed by atoms with Crippen LogP contribution < -0.4 is 0 Å². The van der Waals surface area contributed by atoms with E-state index in [1.807, 2.05) is 45.3 Å². The van der Waals surface area contributed by atoms with E-state index in [0.29, 0.717) is 0 Å². The SMILES string of the molecule is CCCCCc1csc(-c2nc(CCCCC)c(-c3ccc(-c4ccc(-c5sc(-c6nc(CCCCC)cs6)nc5CCCCC)s4)s3)s2)n1. The fourth-order valence-corrected chi connectivity index (χ4v) is 12.4. The molecule has 0 bridgehead atoms. The Bertz CT molecular complexity index is 1760. The summed E-state index contributed by atoms with van der Waals surface area (Å²) in [5.74, 6) is 0. The van der Waals surface area contributed by atoms with E-state index in [9.17, 15) is 0 Å². The molecule has 0 aromatic carbocycles. The van der Waals surface area contributed by atoms with Crippen LogP contribution in [-0.4, -0.2) is 19.9 Å². The smallest absolute Gasteiger partial charge is 0.153 e. The Morgan fingerprint density at radius 1 is 0.400 bits per heavy atom. The maximum atomic E-state index is 5.22. The number of rotatable bonds is 21. The number of thiophene rings is 2. The van der Waals surface area contributed by atoms with Gasteiger partial charge >= 0.3 is 0 Å². The van der Waals surface area contributed by atoms with E-state index in [0.717, 1.165) is 45.7 Å². The molecule has 0 fully saturated rings. The maximum absolute atomic E-state index is 5.22. The Hall–Kier alpha value is -2.08. The van der Waals surface area contributed by atoms with Crippen molar-refractivity contribution in [1.29, 1.82) is 0 Å². The number of unbranched alkanes of at least 4 members (excludes halogenated alkanes) is 8. The van der Waals surface area contributed by atoms with E-state index >= 15 is 0 Å². The van der Waals surface area contributed by atoms with Crippen molar-refractivity contribution in [1.82, 2.24) is 19.9 Å². The van der Waals surface area contributed by atoms with E-state index in [-0.39, 0.29) is 0 Å². The van der Waals surface area contributed by atoms with Gasteiger partial charge in [-0.25, -0.2) is 19.9 Å². The maximum Gasteiger partial charge on any atom is 0.153 e. The lowest BCUT2D eigenvalue weighted by atomic mass is 10.1. The van der Waals surface area contributed by atoms with Crippen LogP contribution in [0.15, 0.2) is 35.0 Å². The van der Waals surface area contributed by atoms with Crippen molar-refractivity contribution in [3.63, 3.8) is 0 Å². The van der Waals surface area contributed by atoms with Crippen molar-refractivity contribution in [3.05, 3.63) is 57.8 Å². The van der Waals surface area contributed by atoms with E-state index in [1.165, 1.54) is 129 Å². The fraction of sp³-hybridized carbons (Fsp3) is 0.500. The summed E-state index contributed by atoms with van der Waals surface area (Å²) in [6, 6.07) is 9.27. The summed E-state index contributed by atoms with van der Waals surface area (Å²) in [5.41, 5.74) is 4.92. The van der Waals surface area contributed by atoms with Crippen molar-refractivity contribution in [3.8, 4) is 49.3 Å². The Kier molecular flexibility index (Phi) is 14.4. The van der Waals surface area contributed by atoms with Gasteiger partial charge in [-0.05, 0) is 75.6 Å². The molecule has 0 radical (unpaired) electrons. The van der Waals surface area contributed by atoms with Gasteiger partial charge in [0.05, 0.1) is 32.5 Å². The highest BCUT2D eigenvalue weighted by Gasteiger charge is 2.21. The molecular formula is C40H50N4S6. The van der Waals surface area contributed by atoms with Gasteiger partial charge < -0.3 is 0 Å². The van der Waals surface area contributed by atoms with Crippen LogP contribution in [0, 0.1) is 0 Å². The predicted octanol–water partition coefficient (Wildman–Crippen LogP) is 14.9. The Morgan fingerprint density at radius 2 is 0.780 bits per heavy atom. The molecule has 0 saturated heterocycles. The number of thiazole rings is 4. The topological polar surface area (TPSA) is 51.6 Å². The standard InChI is InChI=1S/C40H50N4S6/c1-5-9-13-17-27-25-45-37(41-27)39-43-29(19-15-11-7-3)35(49-39)33-23-21-31(47-33)32-22-24-34(48-32)36-30(20-16-12-8-4)44-40(50-36)38-42-28(26-46-38)18-14-10-6-2/h21-26H,5-20H2,1-4H3. The van der Waals surface area contributed by atoms with Crippen LogP contribution in [0.3, 0.4) is 0 Å². The zero-order chi connectivity index (χ0) is 34.7. The molecule has 50 heavy (non-hydrogen) atoms. The second-order valence-electron chi connectivity index (χ2n) is 13.0. The van der Waals surface area contributed by atoms with Gasteiger partial charge in [0.1, 0.15) is 0 Å². The van der Waals surface area contributed by atoms with Crippen molar-refractivity contribution >= 4 is 68.0 Å². The average Bonchev–Trinajstić information content (AvgIpc) is 3.96. The lowest BCUT2D eigenvalue weighted by Gasteiger charge is -2.00. The molecule has 0 spiro atoms. The van der Waals surface area contributed by atoms with E-state index in [2.05, 4.69) is 62.7 Å². The second kappa shape index (κ2) is 19.1. The first-order valence-electron chi connectivity index (χ1n) is 18.7. The van der Waals surface area contributed by atoms with E-state index < -0.39 is 0 Å². The van der Waals surface area contributed by atoms with Crippen molar-refractivity contribution in [2.24, 2.45) is 0 Å². The lowest BCUT2D eigenvalue weighted by Crippen LogP contribution is -1.89. The van der Waals surface area contributed by atoms with Crippen LogP contribution in [-0.2, 0) is 25.7 Å². The summed E-state index contributed by atoms with van der Waals surface area (Å²) in [7, 11) is 0. The van der Waals surface area contributed by atoms with Crippen LogP contribution >= 0.6 is 68.0 Å². The molecule has 0 N–H and O–H groups in total. The summed E-state index contributed by atoms with van der Waals surface area (Å²) >= 11 is 11.0. The molecule has 6 aromatic rings. The molecule has 0 aliphatic carbocycles. The van der Waals surface area contributed by atoms with Crippen LogP contribution in [0.1, 0.15) is 128 Å². The van der Waals surface area contributed by atoms with Gasteiger partial charge in [-0.3, -0.25) is 0 Å². The minimum atomic E-state index is 1.03. The number of nitrogens with zero attached hydrogens (tertiary/aromatic N) is 4. The third kappa shape index (κ3) is 9.66. The number of hydrogen-bond donors (Lipinski definition) is 0. The predicted molar refractivity (Wildman–Crippen MR) is 225 cm³/mol. The van der Waals surface area contributed by atoms with Crippen molar-refractivity contribution in [2.45, 2.75) is 130 Å². The summed E-state index contributed by atoms with van der Waals surface area (Å²) in [6.07, 6.45) is 18.9. The number of aromatic nitrogens is 4. The van der Waals surface area contributed by atoms with Gasteiger partial charge in [-0.2, -0.15) is 0 Å². The van der Waals surface area contributed by atoms with Gasteiger partial charge in [0.15, 0.2) is 20.0 Å². The summed E-state index contributed by atoms with van der Waals surface area (Å²) < 4.78 is 0. The molecule has 266 valence electrons. The first-order chi connectivity index (χ1) is 24.6. The second-order valence-corrected chi connectivity index (χ2v) is 18.9. The Labute approximate surface area is 323 Å². The first-order valence-corrected chi connectivity index (χ1v) is 23.7. The molecule has 0 amide bonds. The molecule has 6 heterocycles. The van der Waals surface area contributed by atoms with Gasteiger partial charge in [-0.15, -0.1) is 68.0 Å². The minimum Gasteiger partial charge on any atom is -0.239 e. The zero-order valence-corrected chi connectivity index (χ0v) is 34.9. The van der Waals surface area contributed by atoms with Crippen LogP contribution in [0.5, 0.6) is 0 Å². The largest absolute Gasteiger partial charge is 0.239 e. The van der Waals surface area contributed by atoms with Crippen molar-refractivity contribution < 1.29 is 0 Å². The lowest BCUT2D eigenvalue weighted by molar-refractivity contribution is 0.709. The summed E-state index contributed by atoms with van der Waals surface area (Å²) in [4.78, 5) is 28.4. The molecule has 0 aliphatic rings. The normalized spacial score (nSPS) is 11.7. The molecular weight excluding hydrogens is 729 g/mol. The van der Waals surface area contributed by atoms with E-state index in [1.54, 1.807) is 22.7 Å². The fourth-order valence-electron chi connectivity index (χ4n) is 6.03. The molecule has 0 atom stereocenters. The van der Waals surface area contributed by atoms with Crippen LogP contribution in [0.25, 0.3) is 49.3 Å². The molecule has 10 heteroatoms. The highest BCUT2D eigenvalue weighted by atomic mass is 32.1. The van der Waals surface area contributed by atoms with Gasteiger partial charge in [0.2, 0.25) is 0 Å². The summed E-state index contributed by atoms with van der Waals surface area (Å²) in [6.45, 7) is 9.06. The molecule has 6 aromatic heterocycles. The average molecular weight is 779 g/mol. The molecule has 0 saturated carbocycles. The highest BCUT2D eigenvalue weighted by Crippen LogP contribution is 2.46. The third-order valence-electron chi connectivity index (χ3n) is 8.87. The molecule has 0 aliphatic heterocycles. The Morgan fingerprint density at radius 3 is 1.18 bits per heavy atom. The first kappa shape index (κ1) is 37.7. The Balaban J connectivity index is 1.24. The van der Waals surface area contributed by atoms with E-state index in [4.69, 9.17) is 19.9 Å². The number of aryl methyl sites for hydroxylation is 4. The van der Waals surface area contributed by atoms with Gasteiger partial charge in [0.25, 0.3) is 0 Å². The zero-order valence-electron chi connectivity index (χ0n) is 30.0. The quantitative estimate of drug-likeness (QED) is 0.0683. The molecule has 4 nitrogen and oxygen atoms in total. The minimum absolute atomic E-state index is 1.03. The summed E-state index contributed by atoms with van der Waals surface area (Å²) in [5, 5.41) is 8.80. The van der Waals surface area contributed by atoms with Crippen molar-refractivity contribution in [2.75, 3.05) is 0 Å². The monoisotopic (exact) mass is 778 g/mol. The van der Waals surface area contributed by atoms with Crippen LogP contribution in [0.4, 0.5) is 0 Å². The molecule has 6 rings (SSSR count).